The monoisotopic (exact) mass is 299 g/mol. The predicted octanol–water partition coefficient (Wildman–Crippen LogP) is 1.64. The molecule has 6 heteroatoms. The summed E-state index contributed by atoms with van der Waals surface area (Å²) in [6.07, 6.45) is 2.39. The zero-order chi connectivity index (χ0) is 15.5. The minimum absolute atomic E-state index is 0.0236. The molecule has 1 saturated carbocycles. The highest BCUT2D eigenvalue weighted by Gasteiger charge is 2.27. The van der Waals surface area contributed by atoms with Crippen molar-refractivity contribution < 1.29 is 4.79 Å². The van der Waals surface area contributed by atoms with Gasteiger partial charge in [0.05, 0.1) is 0 Å². The highest BCUT2D eigenvalue weighted by molar-refractivity contribution is 5.94. The van der Waals surface area contributed by atoms with Crippen LogP contribution in [0.3, 0.4) is 0 Å². The summed E-state index contributed by atoms with van der Waals surface area (Å²) in [6.45, 7) is 1.46. The first kappa shape index (κ1) is 14.7. The van der Waals surface area contributed by atoms with E-state index in [-0.39, 0.29) is 5.91 Å². The molecule has 0 unspecified atom stereocenters. The largest absolute Gasteiger partial charge is 0.340 e. The van der Waals surface area contributed by atoms with E-state index in [0.29, 0.717) is 23.9 Å². The van der Waals surface area contributed by atoms with E-state index in [1.807, 2.05) is 38.4 Å². The summed E-state index contributed by atoms with van der Waals surface area (Å²) in [5, 5.41) is 10.3. The molecule has 0 atom stereocenters. The average molecular weight is 299 g/mol. The number of likely N-dealkylation sites (N-methyl/N-ethyl adjacent to an activating group) is 2. The molecule has 6 nitrogen and oxygen atoms in total. The first-order chi connectivity index (χ1) is 10.7. The SMILES string of the molecule is CNCCN(C)C(=O)c1ccc(-c2n[nH]c(C3CC3)n2)cc1. The molecule has 116 valence electrons. The van der Waals surface area contributed by atoms with Gasteiger partial charge in [0.1, 0.15) is 5.82 Å². The predicted molar refractivity (Wildman–Crippen MR) is 84.7 cm³/mol. The third kappa shape index (κ3) is 3.17. The van der Waals surface area contributed by atoms with Crippen molar-refractivity contribution in [3.63, 3.8) is 0 Å². The van der Waals surface area contributed by atoms with Crippen molar-refractivity contribution in [2.24, 2.45) is 0 Å². The fourth-order valence-corrected chi connectivity index (χ4v) is 2.31. The van der Waals surface area contributed by atoms with Gasteiger partial charge in [-0.25, -0.2) is 4.98 Å². The van der Waals surface area contributed by atoms with Gasteiger partial charge in [-0.05, 0) is 32.0 Å². The standard InChI is InChI=1S/C16H21N5O/c1-17-9-10-21(2)16(22)13-7-5-12(6-8-13)15-18-14(19-20-15)11-3-4-11/h5-8,11,17H,3-4,9-10H2,1-2H3,(H,18,19,20). The Morgan fingerprint density at radius 1 is 1.36 bits per heavy atom. The van der Waals surface area contributed by atoms with Crippen LogP contribution in [0.15, 0.2) is 24.3 Å². The van der Waals surface area contributed by atoms with Crippen LogP contribution in [0.4, 0.5) is 0 Å². The van der Waals surface area contributed by atoms with Gasteiger partial charge < -0.3 is 10.2 Å². The first-order valence-corrected chi connectivity index (χ1v) is 7.62. The van der Waals surface area contributed by atoms with Gasteiger partial charge in [0.15, 0.2) is 5.82 Å². The number of amides is 1. The van der Waals surface area contributed by atoms with Crippen LogP contribution in [0.5, 0.6) is 0 Å². The van der Waals surface area contributed by atoms with Gasteiger partial charge in [-0.3, -0.25) is 9.89 Å². The molecular weight excluding hydrogens is 278 g/mol. The normalized spacial score (nSPS) is 14.1. The van der Waals surface area contributed by atoms with Gasteiger partial charge in [0.2, 0.25) is 0 Å². The van der Waals surface area contributed by atoms with Crippen LogP contribution in [0, 0.1) is 0 Å². The molecule has 1 fully saturated rings. The number of aromatic nitrogens is 3. The van der Waals surface area contributed by atoms with E-state index in [9.17, 15) is 4.79 Å². The van der Waals surface area contributed by atoms with E-state index < -0.39 is 0 Å². The summed E-state index contributed by atoms with van der Waals surface area (Å²) < 4.78 is 0. The van der Waals surface area contributed by atoms with Gasteiger partial charge in [0, 0.05) is 37.2 Å². The number of H-pyrrole nitrogens is 1. The third-order valence-corrected chi connectivity index (χ3v) is 3.90. The Bertz CT molecular complexity index is 645. The number of rotatable bonds is 6. The zero-order valence-corrected chi connectivity index (χ0v) is 13.0. The van der Waals surface area contributed by atoms with E-state index in [1.165, 1.54) is 12.8 Å². The van der Waals surface area contributed by atoms with Gasteiger partial charge in [-0.2, -0.15) is 5.10 Å². The lowest BCUT2D eigenvalue weighted by atomic mass is 10.1. The van der Waals surface area contributed by atoms with Gasteiger partial charge >= 0.3 is 0 Å². The second kappa shape index (κ2) is 6.27. The quantitative estimate of drug-likeness (QED) is 0.850. The molecule has 22 heavy (non-hydrogen) atoms. The Balaban J connectivity index is 1.70. The molecule has 1 aromatic carbocycles. The molecule has 1 heterocycles. The number of aromatic amines is 1. The van der Waals surface area contributed by atoms with Gasteiger partial charge in [0.25, 0.3) is 5.91 Å². The molecule has 3 rings (SSSR count). The number of hydrogen-bond acceptors (Lipinski definition) is 4. The number of carbonyl (C=O) groups is 1. The van der Waals surface area contributed by atoms with Crippen LogP contribution in [-0.4, -0.2) is 53.2 Å². The lowest BCUT2D eigenvalue weighted by Crippen LogP contribution is -2.32. The second-order valence-electron chi connectivity index (χ2n) is 5.73. The maximum absolute atomic E-state index is 12.3. The molecule has 2 N–H and O–H groups in total. The number of benzene rings is 1. The molecular formula is C16H21N5O. The van der Waals surface area contributed by atoms with Crippen LogP contribution in [0.2, 0.25) is 0 Å². The third-order valence-electron chi connectivity index (χ3n) is 3.90. The summed E-state index contributed by atoms with van der Waals surface area (Å²) in [6, 6.07) is 7.47. The lowest BCUT2D eigenvalue weighted by Gasteiger charge is -2.16. The van der Waals surface area contributed by atoms with Crippen molar-refractivity contribution in [3.8, 4) is 11.4 Å². The fraction of sp³-hybridized carbons (Fsp3) is 0.438. The van der Waals surface area contributed by atoms with Crippen molar-refractivity contribution in [2.45, 2.75) is 18.8 Å². The van der Waals surface area contributed by atoms with Crippen molar-refractivity contribution in [3.05, 3.63) is 35.7 Å². The van der Waals surface area contributed by atoms with Crippen LogP contribution < -0.4 is 5.32 Å². The van der Waals surface area contributed by atoms with Crippen LogP contribution in [0.1, 0.15) is 34.9 Å². The van der Waals surface area contributed by atoms with E-state index in [4.69, 9.17) is 0 Å². The molecule has 0 radical (unpaired) electrons. The molecule has 1 aliphatic rings. The minimum Gasteiger partial charge on any atom is -0.340 e. The lowest BCUT2D eigenvalue weighted by molar-refractivity contribution is 0.0797. The van der Waals surface area contributed by atoms with E-state index in [1.54, 1.807) is 4.90 Å². The molecule has 0 bridgehead atoms. The summed E-state index contributed by atoms with van der Waals surface area (Å²) in [4.78, 5) is 18.5. The molecule has 1 aliphatic carbocycles. The van der Waals surface area contributed by atoms with Crippen molar-refractivity contribution in [2.75, 3.05) is 27.2 Å². The van der Waals surface area contributed by atoms with E-state index in [0.717, 1.165) is 17.9 Å². The van der Waals surface area contributed by atoms with Crippen molar-refractivity contribution in [1.82, 2.24) is 25.4 Å². The van der Waals surface area contributed by atoms with Crippen LogP contribution >= 0.6 is 0 Å². The summed E-state index contributed by atoms with van der Waals surface area (Å²) in [7, 11) is 3.69. The van der Waals surface area contributed by atoms with Crippen molar-refractivity contribution in [1.29, 1.82) is 0 Å². The smallest absolute Gasteiger partial charge is 0.253 e. The number of nitrogens with one attached hydrogen (secondary N) is 2. The Kier molecular flexibility index (Phi) is 4.20. The summed E-state index contributed by atoms with van der Waals surface area (Å²) >= 11 is 0. The summed E-state index contributed by atoms with van der Waals surface area (Å²) in [5.41, 5.74) is 1.61. The molecule has 0 spiro atoms. The zero-order valence-electron chi connectivity index (χ0n) is 13.0. The highest BCUT2D eigenvalue weighted by Crippen LogP contribution is 2.38. The number of nitrogens with zero attached hydrogens (tertiary/aromatic N) is 3. The number of carbonyl (C=O) groups excluding carboxylic acids is 1. The van der Waals surface area contributed by atoms with Crippen LogP contribution in [-0.2, 0) is 0 Å². The molecule has 1 aromatic heterocycles. The van der Waals surface area contributed by atoms with E-state index >= 15 is 0 Å². The van der Waals surface area contributed by atoms with E-state index in [2.05, 4.69) is 20.5 Å². The van der Waals surface area contributed by atoms with Crippen molar-refractivity contribution >= 4 is 5.91 Å². The minimum atomic E-state index is 0.0236. The highest BCUT2D eigenvalue weighted by atomic mass is 16.2. The Hall–Kier alpha value is -2.21. The van der Waals surface area contributed by atoms with Gasteiger partial charge in [-0.15, -0.1) is 0 Å². The summed E-state index contributed by atoms with van der Waals surface area (Å²) in [5.74, 6) is 2.25. The fourth-order valence-electron chi connectivity index (χ4n) is 2.31. The Morgan fingerprint density at radius 3 is 2.73 bits per heavy atom. The maximum Gasteiger partial charge on any atom is 0.253 e. The molecule has 0 aliphatic heterocycles. The Labute approximate surface area is 129 Å². The molecule has 1 amide bonds. The topological polar surface area (TPSA) is 73.9 Å². The van der Waals surface area contributed by atoms with Gasteiger partial charge in [-0.1, -0.05) is 12.1 Å². The average Bonchev–Trinajstić information content (AvgIpc) is 3.29. The first-order valence-electron chi connectivity index (χ1n) is 7.62. The maximum atomic E-state index is 12.3. The van der Waals surface area contributed by atoms with Crippen LogP contribution in [0.25, 0.3) is 11.4 Å². The Morgan fingerprint density at radius 2 is 2.09 bits per heavy atom. The number of hydrogen-bond donors (Lipinski definition) is 2. The molecule has 0 saturated heterocycles. The second-order valence-corrected chi connectivity index (χ2v) is 5.73. The molecule has 2 aromatic rings.